The molecule has 146 valence electrons. The maximum atomic E-state index is 13.5. The predicted molar refractivity (Wildman–Crippen MR) is 110 cm³/mol. The summed E-state index contributed by atoms with van der Waals surface area (Å²) in [6.45, 7) is 9.64. The fourth-order valence-corrected chi connectivity index (χ4v) is 2.85. The Morgan fingerprint density at radius 2 is 2.25 bits per heavy atom. The van der Waals surface area contributed by atoms with Crippen LogP contribution >= 0.6 is 0 Å². The van der Waals surface area contributed by atoms with Crippen molar-refractivity contribution in [3.05, 3.63) is 59.7 Å². The Balaban J connectivity index is 2.03. The molecule has 3 aromatic heterocycles. The van der Waals surface area contributed by atoms with Crippen LogP contribution in [0, 0.1) is 0 Å². The molecule has 0 saturated carbocycles. The van der Waals surface area contributed by atoms with Gasteiger partial charge in [0, 0.05) is 36.3 Å². The van der Waals surface area contributed by atoms with Crippen LogP contribution < -0.4 is 5.32 Å². The Labute approximate surface area is 163 Å². The van der Waals surface area contributed by atoms with Gasteiger partial charge in [0.15, 0.2) is 11.5 Å². The molecule has 8 heteroatoms. The van der Waals surface area contributed by atoms with E-state index in [1.165, 1.54) is 24.8 Å². The largest absolute Gasteiger partial charge is 0.367 e. The summed E-state index contributed by atoms with van der Waals surface area (Å²) in [7, 11) is 0. The van der Waals surface area contributed by atoms with Gasteiger partial charge in [0.2, 0.25) is 5.95 Å². The van der Waals surface area contributed by atoms with Crippen LogP contribution in [0.15, 0.2) is 47.8 Å². The van der Waals surface area contributed by atoms with Crippen molar-refractivity contribution in [1.82, 2.24) is 24.6 Å². The maximum Gasteiger partial charge on any atom is 0.227 e. The molecule has 3 aromatic rings. The molecule has 0 spiro atoms. The van der Waals surface area contributed by atoms with E-state index < -0.39 is 0 Å². The van der Waals surface area contributed by atoms with Crippen molar-refractivity contribution in [1.29, 1.82) is 0 Å². The van der Waals surface area contributed by atoms with Crippen molar-refractivity contribution in [2.24, 2.45) is 4.99 Å². The molecule has 3 heterocycles. The van der Waals surface area contributed by atoms with Gasteiger partial charge in [-0.3, -0.25) is 4.99 Å². The normalized spacial score (nSPS) is 12.8. The highest BCUT2D eigenvalue weighted by molar-refractivity contribution is 5.72. The van der Waals surface area contributed by atoms with Gasteiger partial charge in [0.1, 0.15) is 0 Å². The predicted octanol–water partition coefficient (Wildman–Crippen LogP) is 4.15. The molecule has 0 bridgehead atoms. The third kappa shape index (κ3) is 4.33. The monoisotopic (exact) mass is 381 g/mol. The fourth-order valence-electron chi connectivity index (χ4n) is 2.85. The van der Waals surface area contributed by atoms with Gasteiger partial charge in [-0.25, -0.2) is 9.37 Å². The zero-order valence-electron chi connectivity index (χ0n) is 16.3. The van der Waals surface area contributed by atoms with E-state index in [0.717, 1.165) is 12.0 Å². The standard InChI is InChI=1S/C20H24FN7/c1-13(2)17-12-25-28-19(17)26-18(16(11-22-4)9-14(3)21)27-20(28)24-8-6-15-5-7-23-10-15/h5,7,9-13,23H,4,6,8H2,1-3H3,(H,24,26,27)/b14-9+,16-11+. The minimum atomic E-state index is -0.363. The van der Waals surface area contributed by atoms with Crippen LogP contribution in [0.5, 0.6) is 0 Å². The number of nitrogens with one attached hydrogen (secondary N) is 2. The van der Waals surface area contributed by atoms with Gasteiger partial charge in [-0.05, 0) is 43.7 Å². The van der Waals surface area contributed by atoms with E-state index in [1.807, 2.05) is 18.5 Å². The SMILES string of the molecule is C=N/C=C(\C=C(/C)F)c1nc(NCCc2cc[nH]c2)n2ncc(C(C)C)c2n1. The van der Waals surface area contributed by atoms with Crippen molar-refractivity contribution in [2.45, 2.75) is 33.1 Å². The molecule has 0 atom stereocenters. The number of hydrogen-bond acceptors (Lipinski definition) is 5. The molecule has 0 unspecified atom stereocenters. The minimum Gasteiger partial charge on any atom is -0.367 e. The second-order valence-corrected chi connectivity index (χ2v) is 6.75. The molecule has 0 saturated heterocycles. The van der Waals surface area contributed by atoms with Gasteiger partial charge >= 0.3 is 0 Å². The third-order valence-corrected chi connectivity index (χ3v) is 4.22. The molecule has 0 radical (unpaired) electrons. The molecular formula is C20H24FN7. The molecule has 3 rings (SSSR count). The quantitative estimate of drug-likeness (QED) is 0.454. The van der Waals surface area contributed by atoms with Crippen LogP contribution in [0.2, 0.25) is 0 Å². The Bertz CT molecular complexity index is 1010. The smallest absolute Gasteiger partial charge is 0.227 e. The van der Waals surface area contributed by atoms with E-state index in [1.54, 1.807) is 10.7 Å². The summed E-state index contributed by atoms with van der Waals surface area (Å²) in [5, 5.41) is 7.76. The molecule has 2 N–H and O–H groups in total. The number of H-pyrrole nitrogens is 1. The Morgan fingerprint density at radius 3 is 2.89 bits per heavy atom. The molecule has 7 nitrogen and oxygen atoms in total. The number of halogens is 1. The first kappa shape index (κ1) is 19.5. The molecule has 0 amide bonds. The number of fused-ring (bicyclic) bond motifs is 1. The summed E-state index contributed by atoms with van der Waals surface area (Å²) in [5.74, 6) is 0.778. The molecule has 0 aliphatic heterocycles. The Morgan fingerprint density at radius 1 is 1.43 bits per heavy atom. The van der Waals surface area contributed by atoms with Crippen LogP contribution in [0.3, 0.4) is 0 Å². The summed E-state index contributed by atoms with van der Waals surface area (Å²) in [6.07, 6.45) is 9.26. The Hall–Kier alpha value is -3.29. The molecule has 0 aliphatic carbocycles. The lowest BCUT2D eigenvalue weighted by molar-refractivity contribution is 0.641. The molecule has 28 heavy (non-hydrogen) atoms. The highest BCUT2D eigenvalue weighted by Crippen LogP contribution is 2.24. The van der Waals surface area contributed by atoms with E-state index in [9.17, 15) is 4.39 Å². The van der Waals surface area contributed by atoms with Crippen LogP contribution in [-0.2, 0) is 6.42 Å². The van der Waals surface area contributed by atoms with E-state index in [2.05, 4.69) is 50.9 Å². The van der Waals surface area contributed by atoms with Gasteiger partial charge in [0.05, 0.1) is 12.0 Å². The molecule has 0 aromatic carbocycles. The van der Waals surface area contributed by atoms with Crippen molar-refractivity contribution in [3.8, 4) is 0 Å². The number of aliphatic imine (C=N–C) groups is 1. The van der Waals surface area contributed by atoms with Crippen LogP contribution in [0.1, 0.15) is 43.6 Å². The van der Waals surface area contributed by atoms with E-state index in [-0.39, 0.29) is 11.7 Å². The van der Waals surface area contributed by atoms with Gasteiger partial charge < -0.3 is 10.3 Å². The third-order valence-electron chi connectivity index (χ3n) is 4.22. The van der Waals surface area contributed by atoms with Crippen LogP contribution in [-0.4, -0.2) is 37.8 Å². The number of rotatable bonds is 8. The number of aromatic nitrogens is 5. The fraction of sp³-hybridized carbons (Fsp3) is 0.300. The van der Waals surface area contributed by atoms with Crippen molar-refractivity contribution in [3.63, 3.8) is 0 Å². The number of hydrogen-bond donors (Lipinski definition) is 2. The zero-order chi connectivity index (χ0) is 20.1. The molecule has 0 aliphatic rings. The highest BCUT2D eigenvalue weighted by atomic mass is 19.1. The summed E-state index contributed by atoms with van der Waals surface area (Å²) < 4.78 is 15.2. The van der Waals surface area contributed by atoms with Crippen molar-refractivity contribution >= 4 is 23.9 Å². The van der Waals surface area contributed by atoms with Gasteiger partial charge in [-0.2, -0.15) is 14.6 Å². The lowest BCUT2D eigenvalue weighted by Gasteiger charge is -2.11. The van der Waals surface area contributed by atoms with Gasteiger partial charge in [-0.15, -0.1) is 0 Å². The lowest BCUT2D eigenvalue weighted by atomic mass is 10.1. The van der Waals surface area contributed by atoms with E-state index in [4.69, 9.17) is 0 Å². The topological polar surface area (TPSA) is 83.3 Å². The summed E-state index contributed by atoms with van der Waals surface area (Å²) in [6, 6.07) is 2.03. The number of nitrogens with zero attached hydrogens (tertiary/aromatic N) is 5. The van der Waals surface area contributed by atoms with Crippen LogP contribution in [0.4, 0.5) is 10.3 Å². The van der Waals surface area contributed by atoms with Gasteiger partial charge in [-0.1, -0.05) is 13.8 Å². The summed E-state index contributed by atoms with van der Waals surface area (Å²) in [5.41, 5.74) is 3.31. The van der Waals surface area contributed by atoms with Crippen molar-refractivity contribution in [2.75, 3.05) is 11.9 Å². The lowest BCUT2D eigenvalue weighted by Crippen LogP contribution is -2.13. The average Bonchev–Trinajstić information content (AvgIpc) is 3.30. The average molecular weight is 381 g/mol. The van der Waals surface area contributed by atoms with Crippen LogP contribution in [0.25, 0.3) is 11.2 Å². The molecule has 0 fully saturated rings. The zero-order valence-corrected chi connectivity index (χ0v) is 16.3. The van der Waals surface area contributed by atoms with E-state index >= 15 is 0 Å². The Kier molecular flexibility index (Phi) is 5.98. The summed E-state index contributed by atoms with van der Waals surface area (Å²) in [4.78, 5) is 16.0. The number of allylic oxidation sites excluding steroid dienone is 3. The first-order chi connectivity index (χ1) is 13.5. The van der Waals surface area contributed by atoms with Crippen molar-refractivity contribution < 1.29 is 4.39 Å². The molecular weight excluding hydrogens is 357 g/mol. The van der Waals surface area contributed by atoms with E-state index in [0.29, 0.717) is 29.5 Å². The summed E-state index contributed by atoms with van der Waals surface area (Å²) >= 11 is 0. The first-order valence-corrected chi connectivity index (χ1v) is 9.11. The van der Waals surface area contributed by atoms with Gasteiger partial charge in [0.25, 0.3) is 0 Å². The number of anilines is 1. The second-order valence-electron chi connectivity index (χ2n) is 6.75. The maximum absolute atomic E-state index is 13.5. The minimum absolute atomic E-state index is 0.233. The highest BCUT2D eigenvalue weighted by Gasteiger charge is 2.16. The first-order valence-electron chi connectivity index (χ1n) is 9.11. The second kappa shape index (κ2) is 8.60. The number of aromatic amines is 1.